The molecule has 1 N–H and O–H groups in total. The van der Waals surface area contributed by atoms with Gasteiger partial charge < -0.3 is 14.6 Å². The molecule has 19 heavy (non-hydrogen) atoms. The second-order valence-corrected chi connectivity index (χ2v) is 4.26. The summed E-state index contributed by atoms with van der Waals surface area (Å²) in [5.41, 5.74) is 0.425. The van der Waals surface area contributed by atoms with Gasteiger partial charge in [0.25, 0.3) is 0 Å². The summed E-state index contributed by atoms with van der Waals surface area (Å²) in [6, 6.07) is 4.44. The summed E-state index contributed by atoms with van der Waals surface area (Å²) in [5.74, 6) is -1.47. The number of hydrogen-bond donors (Lipinski definition) is 1. The SMILES string of the molecule is O=C(O)/C=C/c1cccc(F)c1OC1CCOCC1. The zero-order chi connectivity index (χ0) is 13.7. The van der Waals surface area contributed by atoms with E-state index in [1.807, 2.05) is 0 Å². The van der Waals surface area contributed by atoms with Gasteiger partial charge in [0.2, 0.25) is 0 Å². The van der Waals surface area contributed by atoms with E-state index in [2.05, 4.69) is 0 Å². The van der Waals surface area contributed by atoms with Crippen molar-refractivity contribution in [3.05, 3.63) is 35.7 Å². The van der Waals surface area contributed by atoms with E-state index in [0.717, 1.165) is 6.08 Å². The first-order valence-electron chi connectivity index (χ1n) is 6.11. The third kappa shape index (κ3) is 3.79. The van der Waals surface area contributed by atoms with Crippen LogP contribution in [0.2, 0.25) is 0 Å². The van der Waals surface area contributed by atoms with Crippen molar-refractivity contribution in [1.82, 2.24) is 0 Å². The predicted octanol–water partition coefficient (Wildman–Crippen LogP) is 2.48. The average Bonchev–Trinajstić information content (AvgIpc) is 2.40. The molecule has 0 atom stereocenters. The summed E-state index contributed by atoms with van der Waals surface area (Å²) >= 11 is 0. The van der Waals surface area contributed by atoms with Crippen LogP contribution in [0.15, 0.2) is 24.3 Å². The van der Waals surface area contributed by atoms with Crippen molar-refractivity contribution >= 4 is 12.0 Å². The molecule has 1 aromatic carbocycles. The van der Waals surface area contributed by atoms with Crippen LogP contribution in [-0.2, 0) is 9.53 Å². The van der Waals surface area contributed by atoms with E-state index in [1.165, 1.54) is 18.2 Å². The molecule has 1 aliphatic heterocycles. The second kappa shape index (κ2) is 6.33. The molecule has 2 rings (SSSR count). The van der Waals surface area contributed by atoms with Crippen LogP contribution in [0, 0.1) is 5.82 Å². The van der Waals surface area contributed by atoms with Crippen LogP contribution in [-0.4, -0.2) is 30.4 Å². The maximum absolute atomic E-state index is 13.8. The molecule has 1 heterocycles. The number of carboxylic acid groups (broad SMARTS) is 1. The number of aliphatic carboxylic acids is 1. The Bertz CT molecular complexity index is 478. The van der Waals surface area contributed by atoms with Crippen LogP contribution in [0.25, 0.3) is 6.08 Å². The average molecular weight is 266 g/mol. The van der Waals surface area contributed by atoms with Gasteiger partial charge in [0.15, 0.2) is 11.6 Å². The lowest BCUT2D eigenvalue weighted by Crippen LogP contribution is -2.26. The number of rotatable bonds is 4. The largest absolute Gasteiger partial charge is 0.487 e. The lowest BCUT2D eigenvalue weighted by atomic mass is 10.1. The van der Waals surface area contributed by atoms with Crippen molar-refractivity contribution in [1.29, 1.82) is 0 Å². The van der Waals surface area contributed by atoms with Crippen molar-refractivity contribution < 1.29 is 23.8 Å². The minimum atomic E-state index is -1.08. The number of carboxylic acids is 1. The molecule has 102 valence electrons. The zero-order valence-electron chi connectivity index (χ0n) is 10.3. The van der Waals surface area contributed by atoms with E-state index < -0.39 is 11.8 Å². The highest BCUT2D eigenvalue weighted by atomic mass is 19.1. The van der Waals surface area contributed by atoms with Crippen LogP contribution in [0.1, 0.15) is 18.4 Å². The predicted molar refractivity (Wildman–Crippen MR) is 67.5 cm³/mol. The fourth-order valence-corrected chi connectivity index (χ4v) is 1.90. The van der Waals surface area contributed by atoms with Gasteiger partial charge in [-0.05, 0) is 12.1 Å². The van der Waals surface area contributed by atoms with E-state index in [9.17, 15) is 9.18 Å². The third-order valence-corrected chi connectivity index (χ3v) is 2.86. The Morgan fingerprint density at radius 1 is 1.42 bits per heavy atom. The molecule has 0 bridgehead atoms. The quantitative estimate of drug-likeness (QED) is 0.851. The van der Waals surface area contributed by atoms with Crippen molar-refractivity contribution in [3.63, 3.8) is 0 Å². The Morgan fingerprint density at radius 3 is 2.84 bits per heavy atom. The fraction of sp³-hybridized carbons (Fsp3) is 0.357. The first kappa shape index (κ1) is 13.5. The number of halogens is 1. The molecular formula is C14H15FO4. The molecule has 5 heteroatoms. The standard InChI is InChI=1S/C14H15FO4/c15-12-3-1-2-10(4-5-13(16)17)14(12)19-11-6-8-18-9-7-11/h1-5,11H,6-9H2,(H,16,17)/b5-4+. The van der Waals surface area contributed by atoms with Crippen LogP contribution >= 0.6 is 0 Å². The highest BCUT2D eigenvalue weighted by Crippen LogP contribution is 2.27. The maximum Gasteiger partial charge on any atom is 0.328 e. The van der Waals surface area contributed by atoms with Crippen LogP contribution in [0.4, 0.5) is 4.39 Å². The first-order chi connectivity index (χ1) is 9.16. The van der Waals surface area contributed by atoms with Gasteiger partial charge in [-0.25, -0.2) is 9.18 Å². The van der Waals surface area contributed by atoms with E-state index >= 15 is 0 Å². The summed E-state index contributed by atoms with van der Waals surface area (Å²) in [7, 11) is 0. The van der Waals surface area contributed by atoms with Crippen LogP contribution in [0.3, 0.4) is 0 Å². The molecule has 1 fully saturated rings. The molecule has 1 saturated heterocycles. The highest BCUT2D eigenvalue weighted by Gasteiger charge is 2.18. The van der Waals surface area contributed by atoms with Crippen LogP contribution in [0.5, 0.6) is 5.75 Å². The van der Waals surface area contributed by atoms with Crippen molar-refractivity contribution in [2.45, 2.75) is 18.9 Å². The molecule has 0 amide bonds. The lowest BCUT2D eigenvalue weighted by Gasteiger charge is -2.24. The number of para-hydroxylation sites is 1. The monoisotopic (exact) mass is 266 g/mol. The number of carbonyl (C=O) groups is 1. The molecular weight excluding hydrogens is 251 g/mol. The third-order valence-electron chi connectivity index (χ3n) is 2.86. The van der Waals surface area contributed by atoms with Gasteiger partial charge in [-0.15, -0.1) is 0 Å². The van der Waals surface area contributed by atoms with Gasteiger partial charge >= 0.3 is 5.97 Å². The number of ether oxygens (including phenoxy) is 2. The van der Waals surface area contributed by atoms with Gasteiger partial charge in [0.05, 0.1) is 13.2 Å². The topological polar surface area (TPSA) is 55.8 Å². The van der Waals surface area contributed by atoms with E-state index in [-0.39, 0.29) is 11.9 Å². The Balaban J connectivity index is 2.19. The molecule has 0 radical (unpaired) electrons. The molecule has 0 unspecified atom stereocenters. The maximum atomic E-state index is 13.8. The van der Waals surface area contributed by atoms with E-state index in [0.29, 0.717) is 31.6 Å². The number of benzene rings is 1. The molecule has 0 aliphatic carbocycles. The van der Waals surface area contributed by atoms with E-state index in [4.69, 9.17) is 14.6 Å². The van der Waals surface area contributed by atoms with Crippen molar-refractivity contribution in [2.24, 2.45) is 0 Å². The molecule has 1 aliphatic rings. The van der Waals surface area contributed by atoms with E-state index in [1.54, 1.807) is 6.07 Å². The molecule has 0 spiro atoms. The molecule has 4 nitrogen and oxygen atoms in total. The second-order valence-electron chi connectivity index (χ2n) is 4.26. The summed E-state index contributed by atoms with van der Waals surface area (Å²) in [5, 5.41) is 8.62. The van der Waals surface area contributed by atoms with Crippen molar-refractivity contribution in [3.8, 4) is 5.75 Å². The summed E-state index contributed by atoms with van der Waals surface area (Å²) in [4.78, 5) is 10.5. The molecule has 0 aromatic heterocycles. The molecule has 1 aromatic rings. The van der Waals surface area contributed by atoms with Gasteiger partial charge in [-0.3, -0.25) is 0 Å². The van der Waals surface area contributed by atoms with Gasteiger partial charge in [0, 0.05) is 24.5 Å². The summed E-state index contributed by atoms with van der Waals surface area (Å²) in [6.45, 7) is 1.19. The normalized spacial score (nSPS) is 16.7. The minimum Gasteiger partial charge on any atom is -0.487 e. The highest BCUT2D eigenvalue weighted by molar-refractivity contribution is 5.85. The number of hydrogen-bond acceptors (Lipinski definition) is 3. The van der Waals surface area contributed by atoms with Crippen molar-refractivity contribution in [2.75, 3.05) is 13.2 Å². The fourth-order valence-electron chi connectivity index (χ4n) is 1.90. The lowest BCUT2D eigenvalue weighted by molar-refractivity contribution is -0.131. The smallest absolute Gasteiger partial charge is 0.328 e. The van der Waals surface area contributed by atoms with Crippen LogP contribution < -0.4 is 4.74 Å². The zero-order valence-corrected chi connectivity index (χ0v) is 10.3. The molecule has 0 saturated carbocycles. The minimum absolute atomic E-state index is 0.0948. The van der Waals surface area contributed by atoms with Gasteiger partial charge in [0.1, 0.15) is 6.10 Å². The Hall–Kier alpha value is -1.88. The van der Waals surface area contributed by atoms with Gasteiger partial charge in [-0.1, -0.05) is 12.1 Å². The summed E-state index contributed by atoms with van der Waals surface area (Å²) in [6.07, 6.45) is 3.61. The summed E-state index contributed by atoms with van der Waals surface area (Å²) < 4.78 is 24.7. The Morgan fingerprint density at radius 2 is 2.16 bits per heavy atom. The van der Waals surface area contributed by atoms with Gasteiger partial charge in [-0.2, -0.15) is 0 Å². The first-order valence-corrected chi connectivity index (χ1v) is 6.11. The Kier molecular flexibility index (Phi) is 4.52. The Labute approximate surface area is 110 Å².